The van der Waals surface area contributed by atoms with E-state index < -0.39 is 22.5 Å². The van der Waals surface area contributed by atoms with E-state index in [9.17, 15) is 18.0 Å². The number of sulfonamides is 1. The zero-order chi connectivity index (χ0) is 28.7. The molecular formula is C31H30N4O4S. The highest BCUT2D eigenvalue weighted by Gasteiger charge is 2.27. The fraction of sp³-hybridized carbons (Fsp3) is 0.129. The molecule has 2 N–H and O–H groups in total. The first-order chi connectivity index (χ1) is 19.1. The Morgan fingerprint density at radius 2 is 1.40 bits per heavy atom. The molecule has 8 nitrogen and oxygen atoms in total. The molecule has 0 aliphatic carbocycles. The monoisotopic (exact) mass is 554 g/mol. The van der Waals surface area contributed by atoms with Crippen LogP contribution in [0.3, 0.4) is 0 Å². The van der Waals surface area contributed by atoms with E-state index in [2.05, 4.69) is 15.8 Å². The molecule has 9 heteroatoms. The Bertz CT molecular complexity index is 1640. The van der Waals surface area contributed by atoms with Crippen molar-refractivity contribution >= 4 is 38.9 Å². The first kappa shape index (κ1) is 28.3. The summed E-state index contributed by atoms with van der Waals surface area (Å²) in [6.07, 6.45) is 0. The maximum absolute atomic E-state index is 13.5. The number of nitrogens with one attached hydrogen (secondary N) is 2. The van der Waals surface area contributed by atoms with Crippen LogP contribution in [-0.2, 0) is 14.8 Å². The van der Waals surface area contributed by atoms with Crippen LogP contribution in [0, 0.1) is 13.8 Å². The molecule has 0 bridgehead atoms. The van der Waals surface area contributed by atoms with Gasteiger partial charge in [-0.3, -0.25) is 13.9 Å². The van der Waals surface area contributed by atoms with Gasteiger partial charge in [0.05, 0.1) is 16.3 Å². The molecular weight excluding hydrogens is 524 g/mol. The second kappa shape index (κ2) is 12.4. The van der Waals surface area contributed by atoms with Gasteiger partial charge < -0.3 is 5.32 Å². The summed E-state index contributed by atoms with van der Waals surface area (Å²) in [5, 5.41) is 7.01. The third-order valence-corrected chi connectivity index (χ3v) is 8.13. The second-order valence-corrected chi connectivity index (χ2v) is 11.1. The van der Waals surface area contributed by atoms with E-state index in [1.807, 2.05) is 26.0 Å². The van der Waals surface area contributed by atoms with Gasteiger partial charge in [0.2, 0.25) is 0 Å². The number of hydrogen-bond donors (Lipinski definition) is 2. The second-order valence-electron chi connectivity index (χ2n) is 9.22. The molecule has 2 amide bonds. The van der Waals surface area contributed by atoms with Crippen LogP contribution >= 0.6 is 0 Å². The van der Waals surface area contributed by atoms with Crippen molar-refractivity contribution in [1.82, 2.24) is 5.43 Å². The van der Waals surface area contributed by atoms with Crippen molar-refractivity contribution in [2.75, 3.05) is 16.2 Å². The Balaban J connectivity index is 1.47. The summed E-state index contributed by atoms with van der Waals surface area (Å²) in [6.45, 7) is 5.09. The molecule has 40 heavy (non-hydrogen) atoms. The lowest BCUT2D eigenvalue weighted by Gasteiger charge is -2.24. The predicted octanol–water partition coefficient (Wildman–Crippen LogP) is 5.29. The highest BCUT2D eigenvalue weighted by molar-refractivity contribution is 7.92. The Morgan fingerprint density at radius 1 is 0.775 bits per heavy atom. The van der Waals surface area contributed by atoms with Gasteiger partial charge in [-0.1, -0.05) is 54.6 Å². The van der Waals surface area contributed by atoms with Crippen LogP contribution < -0.4 is 15.0 Å². The Morgan fingerprint density at radius 3 is 2.02 bits per heavy atom. The van der Waals surface area contributed by atoms with E-state index in [4.69, 9.17) is 0 Å². The first-order valence-electron chi connectivity index (χ1n) is 12.6. The molecule has 4 aromatic carbocycles. The van der Waals surface area contributed by atoms with Gasteiger partial charge in [-0.2, -0.15) is 5.10 Å². The van der Waals surface area contributed by atoms with Gasteiger partial charge in [0.15, 0.2) is 0 Å². The number of hydrazone groups is 1. The van der Waals surface area contributed by atoms with Crippen molar-refractivity contribution in [3.05, 3.63) is 125 Å². The fourth-order valence-electron chi connectivity index (χ4n) is 3.88. The normalized spacial score (nSPS) is 11.5. The minimum Gasteiger partial charge on any atom is -0.322 e. The molecule has 0 spiro atoms. The largest absolute Gasteiger partial charge is 0.322 e. The molecule has 0 saturated carbocycles. The van der Waals surface area contributed by atoms with E-state index in [1.165, 1.54) is 12.1 Å². The van der Waals surface area contributed by atoms with Gasteiger partial charge >= 0.3 is 0 Å². The van der Waals surface area contributed by atoms with Crippen LogP contribution in [0.15, 0.2) is 113 Å². The smallest absolute Gasteiger partial charge is 0.264 e. The highest BCUT2D eigenvalue weighted by Crippen LogP contribution is 2.25. The Labute approximate surface area is 234 Å². The van der Waals surface area contributed by atoms with Crippen LogP contribution in [0.1, 0.15) is 34.0 Å². The summed E-state index contributed by atoms with van der Waals surface area (Å²) in [5.74, 6) is -0.811. The molecule has 204 valence electrons. The van der Waals surface area contributed by atoms with Crippen molar-refractivity contribution in [2.24, 2.45) is 5.10 Å². The van der Waals surface area contributed by atoms with E-state index in [-0.39, 0.29) is 10.8 Å². The molecule has 0 unspecified atom stereocenters. The number of anilines is 2. The summed E-state index contributed by atoms with van der Waals surface area (Å²) in [7, 11) is -4.01. The molecule has 0 fully saturated rings. The molecule has 0 aromatic heterocycles. The zero-order valence-electron chi connectivity index (χ0n) is 22.5. The topological polar surface area (TPSA) is 108 Å². The number of hydrogen-bond acceptors (Lipinski definition) is 5. The summed E-state index contributed by atoms with van der Waals surface area (Å²) >= 11 is 0. The van der Waals surface area contributed by atoms with E-state index in [0.29, 0.717) is 22.6 Å². The number of nitrogens with zero attached hydrogens (tertiary/aromatic N) is 2. The summed E-state index contributed by atoms with van der Waals surface area (Å²) in [4.78, 5) is 25.4. The lowest BCUT2D eigenvalue weighted by molar-refractivity contribution is -0.119. The van der Waals surface area contributed by atoms with Crippen molar-refractivity contribution in [2.45, 2.75) is 25.7 Å². The molecule has 4 rings (SSSR count). The molecule has 4 aromatic rings. The number of aryl methyl sites for hydroxylation is 2. The highest BCUT2D eigenvalue weighted by atomic mass is 32.2. The van der Waals surface area contributed by atoms with E-state index >= 15 is 0 Å². The van der Waals surface area contributed by atoms with Crippen LogP contribution in [0.4, 0.5) is 11.4 Å². The van der Waals surface area contributed by atoms with Crippen LogP contribution in [0.2, 0.25) is 0 Å². The third kappa shape index (κ3) is 6.81. The Hall–Kier alpha value is -4.76. The lowest BCUT2D eigenvalue weighted by Crippen LogP contribution is -2.39. The average molecular weight is 555 g/mol. The van der Waals surface area contributed by atoms with Gasteiger partial charge in [0, 0.05) is 11.3 Å². The van der Waals surface area contributed by atoms with Gasteiger partial charge in [0.25, 0.3) is 21.8 Å². The SMILES string of the molecule is C/C(=N\NC(=O)CN(c1ccc(C)c(C)c1)S(=O)(=O)c1ccccc1)c1ccc(NC(=O)c2ccccc2)cc1. The number of rotatable bonds is 9. The number of amides is 2. The molecule has 0 atom stereocenters. The number of carbonyl (C=O) groups excluding carboxylic acids is 2. The maximum Gasteiger partial charge on any atom is 0.264 e. The summed E-state index contributed by atoms with van der Waals surface area (Å²) in [6, 6.07) is 29.2. The van der Waals surface area contributed by atoms with Gasteiger partial charge in [-0.25, -0.2) is 13.8 Å². The van der Waals surface area contributed by atoms with E-state index in [0.717, 1.165) is 21.0 Å². The molecule has 0 heterocycles. The van der Waals surface area contributed by atoms with Crippen molar-refractivity contribution < 1.29 is 18.0 Å². The van der Waals surface area contributed by atoms with Gasteiger partial charge in [-0.15, -0.1) is 0 Å². The number of benzene rings is 4. The number of carbonyl (C=O) groups is 2. The Kier molecular flexibility index (Phi) is 8.76. The molecule has 0 radical (unpaired) electrons. The quantitative estimate of drug-likeness (QED) is 0.216. The lowest BCUT2D eigenvalue weighted by atomic mass is 10.1. The average Bonchev–Trinajstić information content (AvgIpc) is 2.97. The third-order valence-electron chi connectivity index (χ3n) is 6.34. The first-order valence-corrected chi connectivity index (χ1v) is 14.0. The standard InChI is InChI=1S/C31H30N4O4S/c1-22-14-19-28(20-23(22)2)35(40(38,39)29-12-8-5-9-13-29)21-30(36)34-33-24(3)25-15-17-27(18-16-25)32-31(37)26-10-6-4-7-11-26/h4-20H,21H2,1-3H3,(H,32,37)(H,34,36)/b33-24+. The minimum atomic E-state index is -4.01. The summed E-state index contributed by atoms with van der Waals surface area (Å²) < 4.78 is 28.1. The molecule has 0 aliphatic rings. The minimum absolute atomic E-state index is 0.0835. The van der Waals surface area contributed by atoms with Crippen molar-refractivity contribution in [3.8, 4) is 0 Å². The van der Waals surface area contributed by atoms with Gasteiger partial charge in [-0.05, 0) is 86.0 Å². The predicted molar refractivity (Wildman–Crippen MR) is 158 cm³/mol. The van der Waals surface area contributed by atoms with Crippen LogP contribution in [-0.4, -0.2) is 32.5 Å². The van der Waals surface area contributed by atoms with Crippen molar-refractivity contribution in [3.63, 3.8) is 0 Å². The molecule has 0 aliphatic heterocycles. The fourth-order valence-corrected chi connectivity index (χ4v) is 5.31. The molecule has 0 saturated heterocycles. The van der Waals surface area contributed by atoms with Crippen LogP contribution in [0.25, 0.3) is 0 Å². The van der Waals surface area contributed by atoms with E-state index in [1.54, 1.807) is 85.8 Å². The van der Waals surface area contributed by atoms with Gasteiger partial charge in [0.1, 0.15) is 6.54 Å². The zero-order valence-corrected chi connectivity index (χ0v) is 23.3. The van der Waals surface area contributed by atoms with Crippen molar-refractivity contribution in [1.29, 1.82) is 0 Å². The summed E-state index contributed by atoms with van der Waals surface area (Å²) in [5.41, 5.74) is 7.18. The van der Waals surface area contributed by atoms with Crippen LogP contribution in [0.5, 0.6) is 0 Å². The maximum atomic E-state index is 13.5.